The molecule has 0 fully saturated rings. The summed E-state index contributed by atoms with van der Waals surface area (Å²) in [7, 11) is 0. The minimum absolute atomic E-state index is 0.589. The average Bonchev–Trinajstić information content (AvgIpc) is 2.69. The number of hydrogen-bond donors (Lipinski definition) is 1. The first-order valence-corrected chi connectivity index (χ1v) is 7.51. The maximum atomic E-state index is 6.04. The summed E-state index contributed by atoms with van der Waals surface area (Å²) < 4.78 is 2.07. The molecule has 0 amide bonds. The molecule has 0 bridgehead atoms. The van der Waals surface area contributed by atoms with Crippen LogP contribution in [0.25, 0.3) is 11.0 Å². The number of imidazole rings is 1. The van der Waals surface area contributed by atoms with E-state index in [1.807, 2.05) is 18.2 Å². The van der Waals surface area contributed by atoms with Crippen molar-refractivity contribution in [3.63, 3.8) is 0 Å². The van der Waals surface area contributed by atoms with Crippen molar-refractivity contribution in [2.75, 3.05) is 5.73 Å². The van der Waals surface area contributed by atoms with Crippen LogP contribution in [0.3, 0.4) is 0 Å². The van der Waals surface area contributed by atoms with Crippen molar-refractivity contribution >= 4 is 28.6 Å². The number of rotatable bonds is 7. The van der Waals surface area contributed by atoms with Crippen molar-refractivity contribution in [1.29, 1.82) is 0 Å². The van der Waals surface area contributed by atoms with Crippen LogP contribution in [0, 0.1) is 0 Å². The molecule has 1 aromatic carbocycles. The number of hydrogen-bond acceptors (Lipinski definition) is 2. The predicted octanol–water partition coefficient (Wildman–Crippen LogP) is 4.63. The SMILES string of the molecule is CCCCCCCCn1c(N)nc2ccc(Cl)cc21. The Labute approximate surface area is 119 Å². The van der Waals surface area contributed by atoms with Gasteiger partial charge in [-0.3, -0.25) is 0 Å². The third-order valence-corrected chi connectivity index (χ3v) is 3.71. The molecule has 1 aromatic heterocycles. The Bertz CT molecular complexity index is 533. The lowest BCUT2D eigenvalue weighted by atomic mass is 10.1. The molecule has 2 aromatic rings. The molecule has 0 aliphatic rings. The summed E-state index contributed by atoms with van der Waals surface area (Å²) in [6, 6.07) is 5.72. The smallest absolute Gasteiger partial charge is 0.201 e. The number of nitrogens with zero attached hydrogens (tertiary/aromatic N) is 2. The van der Waals surface area contributed by atoms with Gasteiger partial charge in [0.15, 0.2) is 0 Å². The molecule has 0 atom stereocenters. The fourth-order valence-corrected chi connectivity index (χ4v) is 2.57. The second-order valence-electron chi connectivity index (χ2n) is 5.02. The van der Waals surface area contributed by atoms with Crippen molar-refractivity contribution < 1.29 is 0 Å². The third-order valence-electron chi connectivity index (χ3n) is 3.48. The van der Waals surface area contributed by atoms with E-state index in [0.717, 1.165) is 29.0 Å². The lowest BCUT2D eigenvalue weighted by molar-refractivity contribution is 0.567. The monoisotopic (exact) mass is 279 g/mol. The van der Waals surface area contributed by atoms with Crippen LogP contribution in [0.5, 0.6) is 0 Å². The summed E-state index contributed by atoms with van der Waals surface area (Å²) in [5, 5.41) is 0.733. The average molecular weight is 280 g/mol. The Morgan fingerprint density at radius 2 is 1.89 bits per heavy atom. The molecular weight excluding hydrogens is 258 g/mol. The highest BCUT2D eigenvalue weighted by Gasteiger charge is 2.07. The largest absolute Gasteiger partial charge is 0.369 e. The van der Waals surface area contributed by atoms with Gasteiger partial charge >= 0.3 is 0 Å². The molecule has 0 saturated heterocycles. The lowest BCUT2D eigenvalue weighted by Gasteiger charge is -2.06. The molecule has 0 spiro atoms. The highest BCUT2D eigenvalue weighted by atomic mass is 35.5. The minimum Gasteiger partial charge on any atom is -0.369 e. The van der Waals surface area contributed by atoms with Gasteiger partial charge in [-0.2, -0.15) is 0 Å². The normalized spacial score (nSPS) is 11.3. The van der Waals surface area contributed by atoms with E-state index in [4.69, 9.17) is 17.3 Å². The zero-order chi connectivity index (χ0) is 13.7. The van der Waals surface area contributed by atoms with Crippen molar-refractivity contribution in [2.45, 2.75) is 52.0 Å². The third kappa shape index (κ3) is 3.63. The van der Waals surface area contributed by atoms with Crippen LogP contribution < -0.4 is 5.73 Å². The van der Waals surface area contributed by atoms with Gasteiger partial charge in [0.25, 0.3) is 0 Å². The van der Waals surface area contributed by atoms with Crippen molar-refractivity contribution in [1.82, 2.24) is 9.55 Å². The number of nitrogen functional groups attached to an aromatic ring is 1. The molecule has 0 unspecified atom stereocenters. The number of anilines is 1. The molecule has 0 saturated carbocycles. The molecule has 2 N–H and O–H groups in total. The van der Waals surface area contributed by atoms with Gasteiger partial charge in [-0.15, -0.1) is 0 Å². The standard InChI is InChI=1S/C15H22ClN3/c1-2-3-4-5-6-7-10-19-14-11-12(16)8-9-13(14)18-15(19)17/h8-9,11H,2-7,10H2,1H3,(H2,17,18). The first kappa shape index (κ1) is 14.2. The van der Waals surface area contributed by atoms with Crippen LogP contribution in [0.15, 0.2) is 18.2 Å². The Morgan fingerprint density at radius 1 is 1.16 bits per heavy atom. The van der Waals surface area contributed by atoms with Gasteiger partial charge in [0.1, 0.15) is 0 Å². The minimum atomic E-state index is 0.589. The van der Waals surface area contributed by atoms with Gasteiger partial charge in [0.05, 0.1) is 11.0 Å². The van der Waals surface area contributed by atoms with E-state index in [-0.39, 0.29) is 0 Å². The second kappa shape index (κ2) is 6.80. The topological polar surface area (TPSA) is 43.8 Å². The van der Waals surface area contributed by atoms with Crippen LogP contribution in [-0.4, -0.2) is 9.55 Å². The molecule has 0 radical (unpaired) electrons. The van der Waals surface area contributed by atoms with E-state index in [0.29, 0.717) is 5.95 Å². The van der Waals surface area contributed by atoms with Crippen LogP contribution in [0.2, 0.25) is 5.02 Å². The summed E-state index contributed by atoms with van der Waals surface area (Å²) in [5.41, 5.74) is 7.94. The molecule has 0 aliphatic heterocycles. The lowest BCUT2D eigenvalue weighted by Crippen LogP contribution is -2.03. The van der Waals surface area contributed by atoms with Crippen molar-refractivity contribution in [3.05, 3.63) is 23.2 Å². The number of unbranched alkanes of at least 4 members (excludes halogenated alkanes) is 5. The molecule has 104 valence electrons. The molecule has 19 heavy (non-hydrogen) atoms. The van der Waals surface area contributed by atoms with Gasteiger partial charge in [-0.05, 0) is 24.6 Å². The maximum absolute atomic E-state index is 6.04. The van der Waals surface area contributed by atoms with E-state index >= 15 is 0 Å². The maximum Gasteiger partial charge on any atom is 0.201 e. The molecule has 1 heterocycles. The molecular formula is C15H22ClN3. The number of aromatic nitrogens is 2. The van der Waals surface area contributed by atoms with E-state index in [1.54, 1.807) is 0 Å². The Balaban J connectivity index is 1.96. The summed E-state index contributed by atoms with van der Waals surface area (Å²) in [4.78, 5) is 4.36. The molecule has 4 heteroatoms. The molecule has 3 nitrogen and oxygen atoms in total. The number of halogens is 1. The van der Waals surface area contributed by atoms with E-state index < -0.39 is 0 Å². The van der Waals surface area contributed by atoms with Gasteiger partial charge in [-0.1, -0.05) is 50.6 Å². The first-order valence-electron chi connectivity index (χ1n) is 7.13. The van der Waals surface area contributed by atoms with Gasteiger partial charge in [-0.25, -0.2) is 4.98 Å². The quantitative estimate of drug-likeness (QED) is 0.751. The highest BCUT2D eigenvalue weighted by Crippen LogP contribution is 2.22. The van der Waals surface area contributed by atoms with Gasteiger partial charge < -0.3 is 10.3 Å². The van der Waals surface area contributed by atoms with Crippen molar-refractivity contribution in [2.24, 2.45) is 0 Å². The zero-order valence-electron chi connectivity index (χ0n) is 11.5. The van der Waals surface area contributed by atoms with Crippen LogP contribution >= 0.6 is 11.6 Å². The highest BCUT2D eigenvalue weighted by molar-refractivity contribution is 6.31. The fourth-order valence-electron chi connectivity index (χ4n) is 2.40. The summed E-state index contributed by atoms with van der Waals surface area (Å²) in [6.45, 7) is 3.16. The summed E-state index contributed by atoms with van der Waals surface area (Å²) >= 11 is 6.04. The summed E-state index contributed by atoms with van der Waals surface area (Å²) in [5.74, 6) is 0.589. The van der Waals surface area contributed by atoms with Crippen LogP contribution in [0.4, 0.5) is 5.95 Å². The van der Waals surface area contributed by atoms with Crippen molar-refractivity contribution in [3.8, 4) is 0 Å². The number of nitrogens with two attached hydrogens (primary N) is 1. The van der Waals surface area contributed by atoms with E-state index in [2.05, 4.69) is 16.5 Å². The predicted molar refractivity (Wildman–Crippen MR) is 82.5 cm³/mol. The number of fused-ring (bicyclic) bond motifs is 1. The number of aryl methyl sites for hydroxylation is 1. The Kier molecular flexibility index (Phi) is 5.08. The van der Waals surface area contributed by atoms with Gasteiger partial charge in [0, 0.05) is 11.6 Å². The van der Waals surface area contributed by atoms with Crippen LogP contribution in [0.1, 0.15) is 45.4 Å². The van der Waals surface area contributed by atoms with Gasteiger partial charge in [0.2, 0.25) is 5.95 Å². The molecule has 0 aliphatic carbocycles. The summed E-state index contributed by atoms with van der Waals surface area (Å²) in [6.07, 6.45) is 7.67. The zero-order valence-corrected chi connectivity index (χ0v) is 12.3. The Morgan fingerprint density at radius 3 is 2.68 bits per heavy atom. The van der Waals surface area contributed by atoms with Crippen LogP contribution in [-0.2, 0) is 6.54 Å². The first-order chi connectivity index (χ1) is 9.22. The Hall–Kier alpha value is -1.22. The fraction of sp³-hybridized carbons (Fsp3) is 0.533. The van der Waals surface area contributed by atoms with E-state index in [9.17, 15) is 0 Å². The number of benzene rings is 1. The van der Waals surface area contributed by atoms with E-state index in [1.165, 1.54) is 32.1 Å². The second-order valence-corrected chi connectivity index (χ2v) is 5.46. The molecule has 2 rings (SSSR count).